The van der Waals surface area contributed by atoms with Crippen LogP contribution in [0, 0.1) is 5.92 Å². The third kappa shape index (κ3) is 9.62. The summed E-state index contributed by atoms with van der Waals surface area (Å²) in [4.78, 5) is 16.9. The molecule has 0 aliphatic heterocycles. The van der Waals surface area contributed by atoms with Crippen molar-refractivity contribution in [3.63, 3.8) is 0 Å². The van der Waals surface area contributed by atoms with Gasteiger partial charge in [0.2, 0.25) is 0 Å². The van der Waals surface area contributed by atoms with Crippen molar-refractivity contribution in [2.45, 2.75) is 46.3 Å². The summed E-state index contributed by atoms with van der Waals surface area (Å²) in [5, 5.41) is 10.8. The fourth-order valence-electron chi connectivity index (χ4n) is 1.49. The number of hydroxylamine groups is 2. The predicted octanol–water partition coefficient (Wildman–Crippen LogP) is 1.79. The molecule has 1 N–H and O–H groups in total. The third-order valence-corrected chi connectivity index (χ3v) is 2.56. The first-order valence-corrected chi connectivity index (χ1v) is 7.06. The second-order valence-corrected chi connectivity index (χ2v) is 6.00. The van der Waals surface area contributed by atoms with E-state index in [1.54, 1.807) is 27.9 Å². The smallest absolute Gasteiger partial charge is 0.427 e. The molecule has 0 aromatic carbocycles. The Morgan fingerprint density at radius 1 is 1.24 bits per heavy atom. The van der Waals surface area contributed by atoms with Gasteiger partial charge in [-0.1, -0.05) is 13.8 Å². The van der Waals surface area contributed by atoms with Gasteiger partial charge in [-0.15, -0.1) is 5.06 Å². The molecule has 0 aromatic heterocycles. The van der Waals surface area contributed by atoms with E-state index in [1.807, 2.05) is 13.8 Å². The van der Waals surface area contributed by atoms with Crippen LogP contribution in [0.15, 0.2) is 0 Å². The van der Waals surface area contributed by atoms with Crippen LogP contribution in [0.25, 0.3) is 0 Å². The topological polar surface area (TPSA) is 77.5 Å². The lowest BCUT2D eigenvalue weighted by atomic mass is 10.1. The zero-order valence-corrected chi connectivity index (χ0v) is 13.9. The van der Waals surface area contributed by atoms with Gasteiger partial charge in [0.1, 0.15) is 12.3 Å². The molecule has 0 rings (SSSR count). The van der Waals surface area contributed by atoms with Crippen molar-refractivity contribution in [1.29, 1.82) is 0 Å². The van der Waals surface area contributed by atoms with E-state index in [0.29, 0.717) is 13.2 Å². The maximum atomic E-state index is 11.8. The Kier molecular flexibility index (Phi) is 9.52. The molecule has 0 bridgehead atoms. The average molecular weight is 307 g/mol. The lowest BCUT2D eigenvalue weighted by Gasteiger charge is -2.31. The largest absolute Gasteiger partial charge is 0.528 e. The van der Waals surface area contributed by atoms with Gasteiger partial charge in [0.15, 0.2) is 0 Å². The fourth-order valence-corrected chi connectivity index (χ4v) is 1.49. The van der Waals surface area contributed by atoms with Crippen LogP contribution in [0.5, 0.6) is 0 Å². The van der Waals surface area contributed by atoms with Crippen LogP contribution in [0.2, 0.25) is 0 Å². The first-order valence-electron chi connectivity index (χ1n) is 7.06. The van der Waals surface area contributed by atoms with Crippen molar-refractivity contribution in [2.75, 3.05) is 33.7 Å². The van der Waals surface area contributed by atoms with Gasteiger partial charge in [-0.2, -0.15) is 0 Å². The molecule has 0 saturated heterocycles. The summed E-state index contributed by atoms with van der Waals surface area (Å²) in [5.41, 5.74) is -0.647. The number of ether oxygens (including phenoxy) is 3. The minimum absolute atomic E-state index is 0.0337. The molecule has 0 radical (unpaired) electrons. The average Bonchev–Trinajstić information content (AvgIpc) is 2.32. The standard InChI is InChI=1S/C14H29NO6/c1-11(2)12(9-16)15(10-19-8-7-18-6)21-13(17)20-14(3,4)5/h11-12,16H,7-10H2,1-6H3/t12-/m0/s1. The first-order chi connectivity index (χ1) is 9.71. The number of aliphatic hydroxyl groups is 1. The summed E-state index contributed by atoms with van der Waals surface area (Å²) in [5.74, 6) is 0.0726. The summed E-state index contributed by atoms with van der Waals surface area (Å²) in [6.07, 6.45) is -0.822. The van der Waals surface area contributed by atoms with Crippen molar-refractivity contribution in [1.82, 2.24) is 5.06 Å². The maximum Gasteiger partial charge on any atom is 0.528 e. The van der Waals surface area contributed by atoms with E-state index in [2.05, 4.69) is 0 Å². The zero-order valence-electron chi connectivity index (χ0n) is 13.9. The number of rotatable bonds is 9. The summed E-state index contributed by atoms with van der Waals surface area (Å²) >= 11 is 0. The Labute approximate surface area is 127 Å². The number of hydrogen-bond acceptors (Lipinski definition) is 7. The number of nitrogens with zero attached hydrogens (tertiary/aromatic N) is 1. The quantitative estimate of drug-likeness (QED) is 0.301. The highest BCUT2D eigenvalue weighted by molar-refractivity contribution is 5.60. The fraction of sp³-hybridized carbons (Fsp3) is 0.929. The molecule has 0 amide bonds. The second-order valence-electron chi connectivity index (χ2n) is 6.00. The van der Waals surface area contributed by atoms with Crippen LogP contribution in [0.1, 0.15) is 34.6 Å². The van der Waals surface area contributed by atoms with Crippen LogP contribution < -0.4 is 0 Å². The number of hydrogen-bond donors (Lipinski definition) is 1. The van der Waals surface area contributed by atoms with Crippen molar-refractivity contribution in [3.05, 3.63) is 0 Å². The van der Waals surface area contributed by atoms with Gasteiger partial charge < -0.3 is 24.2 Å². The van der Waals surface area contributed by atoms with E-state index in [1.165, 1.54) is 5.06 Å². The predicted molar refractivity (Wildman–Crippen MR) is 77.6 cm³/mol. The summed E-state index contributed by atoms with van der Waals surface area (Å²) in [6.45, 7) is 9.76. The summed E-state index contributed by atoms with van der Waals surface area (Å²) in [6, 6.07) is -0.375. The molecular weight excluding hydrogens is 278 g/mol. The second kappa shape index (κ2) is 9.94. The molecule has 0 fully saturated rings. The van der Waals surface area contributed by atoms with Gasteiger partial charge in [0.25, 0.3) is 0 Å². The molecule has 0 heterocycles. The minimum Gasteiger partial charge on any atom is -0.427 e. The van der Waals surface area contributed by atoms with Gasteiger partial charge in [0, 0.05) is 7.11 Å². The van der Waals surface area contributed by atoms with E-state index in [4.69, 9.17) is 19.0 Å². The molecular formula is C14H29NO6. The van der Waals surface area contributed by atoms with Crippen molar-refractivity contribution in [3.8, 4) is 0 Å². The lowest BCUT2D eigenvalue weighted by molar-refractivity contribution is -0.222. The number of carbonyl (C=O) groups is 1. The highest BCUT2D eigenvalue weighted by Gasteiger charge is 2.27. The Morgan fingerprint density at radius 3 is 2.29 bits per heavy atom. The Balaban J connectivity index is 4.59. The Bertz CT molecular complexity index is 290. The summed E-state index contributed by atoms with van der Waals surface area (Å²) in [7, 11) is 1.57. The van der Waals surface area contributed by atoms with Gasteiger partial charge >= 0.3 is 6.16 Å². The lowest BCUT2D eigenvalue weighted by Crippen LogP contribution is -2.45. The van der Waals surface area contributed by atoms with Crippen molar-refractivity contribution in [2.24, 2.45) is 5.92 Å². The van der Waals surface area contributed by atoms with E-state index >= 15 is 0 Å². The van der Waals surface area contributed by atoms with Crippen LogP contribution in [-0.2, 0) is 19.0 Å². The van der Waals surface area contributed by atoms with Crippen LogP contribution >= 0.6 is 0 Å². The monoisotopic (exact) mass is 307 g/mol. The molecule has 1 atom stereocenters. The molecule has 126 valence electrons. The molecule has 0 aliphatic rings. The van der Waals surface area contributed by atoms with Gasteiger partial charge in [0.05, 0.1) is 25.9 Å². The molecule has 0 unspecified atom stereocenters. The molecule has 0 aliphatic carbocycles. The van der Waals surface area contributed by atoms with Gasteiger partial charge in [-0.05, 0) is 26.7 Å². The van der Waals surface area contributed by atoms with Crippen LogP contribution in [0.4, 0.5) is 4.79 Å². The zero-order chi connectivity index (χ0) is 16.5. The van der Waals surface area contributed by atoms with Crippen LogP contribution in [-0.4, -0.2) is 61.6 Å². The molecule has 7 heteroatoms. The molecule has 0 spiro atoms. The molecule has 7 nitrogen and oxygen atoms in total. The minimum atomic E-state index is -0.822. The maximum absolute atomic E-state index is 11.8. The Hall–Kier alpha value is -0.890. The number of carbonyl (C=O) groups excluding carboxylic acids is 1. The normalized spacial score (nSPS) is 13.6. The SMILES string of the molecule is COCCOCN(OC(=O)OC(C)(C)C)[C@@H](CO)C(C)C. The highest BCUT2D eigenvalue weighted by Crippen LogP contribution is 2.14. The van der Waals surface area contributed by atoms with E-state index in [0.717, 1.165) is 0 Å². The molecule has 0 saturated carbocycles. The van der Waals surface area contributed by atoms with Gasteiger partial charge in [-0.25, -0.2) is 4.79 Å². The van der Waals surface area contributed by atoms with Gasteiger partial charge in [-0.3, -0.25) is 0 Å². The van der Waals surface area contributed by atoms with Crippen molar-refractivity contribution >= 4 is 6.16 Å². The van der Waals surface area contributed by atoms with Crippen molar-refractivity contribution < 1.29 is 28.9 Å². The summed E-state index contributed by atoms with van der Waals surface area (Å²) < 4.78 is 15.3. The van der Waals surface area contributed by atoms with E-state index in [-0.39, 0.29) is 25.3 Å². The first kappa shape index (κ1) is 20.1. The third-order valence-electron chi connectivity index (χ3n) is 2.56. The highest BCUT2D eigenvalue weighted by atomic mass is 16.8. The number of methoxy groups -OCH3 is 1. The molecule has 0 aromatic rings. The van der Waals surface area contributed by atoms with Crippen LogP contribution in [0.3, 0.4) is 0 Å². The molecule has 21 heavy (non-hydrogen) atoms. The van der Waals surface area contributed by atoms with E-state index in [9.17, 15) is 9.90 Å². The number of aliphatic hydroxyl groups excluding tert-OH is 1. The Morgan fingerprint density at radius 2 is 1.86 bits per heavy atom. The van der Waals surface area contributed by atoms with E-state index < -0.39 is 11.8 Å².